The maximum absolute atomic E-state index is 4.22. The van der Waals surface area contributed by atoms with Crippen LogP contribution in [0.4, 0.5) is 5.13 Å². The monoisotopic (exact) mass is 195 g/mol. The van der Waals surface area contributed by atoms with Crippen molar-refractivity contribution in [2.45, 2.75) is 6.54 Å². The number of hydrogen-bond donors (Lipinski definition) is 1. The molecule has 5 nitrogen and oxygen atoms in total. The highest BCUT2D eigenvalue weighted by atomic mass is 32.1. The number of nitrogens with one attached hydrogen (secondary N) is 1. The summed E-state index contributed by atoms with van der Waals surface area (Å²) in [6, 6.07) is 1.97. The highest BCUT2D eigenvalue weighted by Gasteiger charge is 1.98. The predicted octanol–water partition coefficient (Wildman–Crippen LogP) is 0.884. The lowest BCUT2D eigenvalue weighted by atomic mass is 10.4. The van der Waals surface area contributed by atoms with E-state index in [0.717, 1.165) is 10.8 Å². The molecule has 2 aromatic heterocycles. The molecule has 6 heteroatoms. The van der Waals surface area contributed by atoms with E-state index in [9.17, 15) is 0 Å². The van der Waals surface area contributed by atoms with Gasteiger partial charge in [-0.15, -0.1) is 0 Å². The Hall–Kier alpha value is -1.43. The molecule has 0 atom stereocenters. The van der Waals surface area contributed by atoms with Crippen molar-refractivity contribution < 1.29 is 0 Å². The van der Waals surface area contributed by atoms with E-state index in [2.05, 4.69) is 19.8 Å². The first kappa shape index (κ1) is 8.18. The Balaban J connectivity index is 1.93. The van der Waals surface area contributed by atoms with Gasteiger partial charge in [-0.2, -0.15) is 9.47 Å². The molecule has 0 spiro atoms. The molecule has 0 saturated heterocycles. The molecule has 2 aromatic rings. The Morgan fingerprint density at radius 1 is 1.62 bits per heavy atom. The first-order chi connectivity index (χ1) is 6.34. The normalized spacial score (nSPS) is 10.2. The predicted molar refractivity (Wildman–Crippen MR) is 50.4 cm³/mol. The van der Waals surface area contributed by atoms with Gasteiger partial charge >= 0.3 is 0 Å². The molecule has 2 heterocycles. The first-order valence-corrected chi connectivity index (χ1v) is 4.61. The van der Waals surface area contributed by atoms with Crippen LogP contribution in [-0.2, 0) is 13.6 Å². The van der Waals surface area contributed by atoms with Gasteiger partial charge in [0.15, 0.2) is 0 Å². The van der Waals surface area contributed by atoms with Gasteiger partial charge in [0.25, 0.3) is 0 Å². The molecule has 0 aliphatic carbocycles. The second-order valence-electron chi connectivity index (χ2n) is 2.58. The molecular formula is C7H9N5S. The molecule has 2 rings (SSSR count). The van der Waals surface area contributed by atoms with E-state index in [0.29, 0.717) is 6.54 Å². The van der Waals surface area contributed by atoms with Crippen molar-refractivity contribution in [3.05, 3.63) is 24.3 Å². The van der Waals surface area contributed by atoms with Crippen molar-refractivity contribution in [3.63, 3.8) is 0 Å². The zero-order chi connectivity index (χ0) is 9.10. The molecule has 1 N–H and O–H groups in total. The van der Waals surface area contributed by atoms with Crippen molar-refractivity contribution in [1.29, 1.82) is 0 Å². The highest BCUT2D eigenvalue weighted by molar-refractivity contribution is 7.09. The first-order valence-electron chi connectivity index (χ1n) is 3.83. The van der Waals surface area contributed by atoms with Gasteiger partial charge in [-0.1, -0.05) is 0 Å². The molecule has 0 amide bonds. The van der Waals surface area contributed by atoms with E-state index < -0.39 is 0 Å². The summed E-state index contributed by atoms with van der Waals surface area (Å²) in [7, 11) is 1.90. The Morgan fingerprint density at radius 3 is 3.15 bits per heavy atom. The zero-order valence-corrected chi connectivity index (χ0v) is 7.95. The Kier molecular flexibility index (Phi) is 2.22. The molecule has 68 valence electrons. The lowest BCUT2D eigenvalue weighted by Gasteiger charge is -1.96. The van der Waals surface area contributed by atoms with E-state index in [1.807, 2.05) is 19.3 Å². The highest BCUT2D eigenvalue weighted by Crippen LogP contribution is 2.07. The van der Waals surface area contributed by atoms with Crippen LogP contribution in [0.15, 0.2) is 18.6 Å². The van der Waals surface area contributed by atoms with Gasteiger partial charge in [0.05, 0.1) is 12.2 Å². The van der Waals surface area contributed by atoms with E-state index >= 15 is 0 Å². The van der Waals surface area contributed by atoms with Gasteiger partial charge in [-0.3, -0.25) is 4.68 Å². The van der Waals surface area contributed by atoms with Gasteiger partial charge in [-0.05, 0) is 6.07 Å². The average molecular weight is 195 g/mol. The number of anilines is 1. The minimum Gasteiger partial charge on any atom is -0.355 e. The van der Waals surface area contributed by atoms with Crippen LogP contribution in [0.25, 0.3) is 0 Å². The second kappa shape index (κ2) is 3.53. The summed E-state index contributed by atoms with van der Waals surface area (Å²) in [5.74, 6) is 0. The smallest absolute Gasteiger partial charge is 0.202 e. The van der Waals surface area contributed by atoms with Crippen molar-refractivity contribution in [2.24, 2.45) is 7.05 Å². The van der Waals surface area contributed by atoms with Gasteiger partial charge in [-0.25, -0.2) is 4.98 Å². The van der Waals surface area contributed by atoms with Crippen LogP contribution in [0.1, 0.15) is 5.69 Å². The molecule has 0 fully saturated rings. The van der Waals surface area contributed by atoms with Crippen LogP contribution in [0, 0.1) is 0 Å². The maximum Gasteiger partial charge on any atom is 0.202 e. The maximum atomic E-state index is 4.22. The summed E-state index contributed by atoms with van der Waals surface area (Å²) in [5, 5.41) is 8.17. The summed E-state index contributed by atoms with van der Waals surface area (Å²) in [5.41, 5.74) is 0.998. The Labute approximate surface area is 79.6 Å². The summed E-state index contributed by atoms with van der Waals surface area (Å²) in [4.78, 5) is 4.00. The van der Waals surface area contributed by atoms with Crippen LogP contribution in [0.2, 0.25) is 0 Å². The lowest BCUT2D eigenvalue weighted by Crippen LogP contribution is -2.00. The molecule has 0 bridgehead atoms. The van der Waals surface area contributed by atoms with E-state index in [4.69, 9.17) is 0 Å². The molecule has 0 saturated carbocycles. The second-order valence-corrected chi connectivity index (χ2v) is 3.36. The Morgan fingerprint density at radius 2 is 2.54 bits per heavy atom. The number of aryl methyl sites for hydroxylation is 1. The summed E-state index contributed by atoms with van der Waals surface area (Å²) in [6.45, 7) is 0.691. The third kappa shape index (κ3) is 2.03. The third-order valence-electron chi connectivity index (χ3n) is 1.55. The molecule has 0 aliphatic heterocycles. The van der Waals surface area contributed by atoms with Crippen LogP contribution in [0.5, 0.6) is 0 Å². The average Bonchev–Trinajstić information content (AvgIpc) is 2.71. The molecular weight excluding hydrogens is 186 g/mol. The number of rotatable bonds is 3. The fourth-order valence-electron chi connectivity index (χ4n) is 0.975. The number of hydrogen-bond acceptors (Lipinski definition) is 5. The fraction of sp³-hybridized carbons (Fsp3) is 0.286. The topological polar surface area (TPSA) is 55.6 Å². The lowest BCUT2D eigenvalue weighted by molar-refractivity contribution is 0.747. The standard InChI is InChI=1S/C7H9N5S/c1-12-3-2-6(11-12)4-8-7-9-5-10-13-7/h2-3,5H,4H2,1H3,(H,8,9,10). The van der Waals surface area contributed by atoms with Crippen LogP contribution in [-0.4, -0.2) is 19.1 Å². The summed E-state index contributed by atoms with van der Waals surface area (Å²) >= 11 is 1.34. The van der Waals surface area contributed by atoms with Crippen LogP contribution in [0.3, 0.4) is 0 Å². The van der Waals surface area contributed by atoms with Crippen molar-refractivity contribution in [2.75, 3.05) is 5.32 Å². The summed E-state index contributed by atoms with van der Waals surface area (Å²) in [6.07, 6.45) is 3.45. The molecule has 13 heavy (non-hydrogen) atoms. The largest absolute Gasteiger partial charge is 0.355 e. The van der Waals surface area contributed by atoms with E-state index in [1.165, 1.54) is 17.9 Å². The molecule has 0 radical (unpaired) electrons. The SMILES string of the molecule is Cn1ccc(CNc2ncns2)n1. The zero-order valence-electron chi connectivity index (χ0n) is 7.14. The van der Waals surface area contributed by atoms with Gasteiger partial charge in [0.2, 0.25) is 5.13 Å². The quantitative estimate of drug-likeness (QED) is 0.790. The van der Waals surface area contributed by atoms with Crippen LogP contribution < -0.4 is 5.32 Å². The molecule has 0 aliphatic rings. The van der Waals surface area contributed by atoms with Crippen molar-refractivity contribution in [1.82, 2.24) is 19.1 Å². The van der Waals surface area contributed by atoms with E-state index in [-0.39, 0.29) is 0 Å². The van der Waals surface area contributed by atoms with E-state index in [1.54, 1.807) is 4.68 Å². The summed E-state index contributed by atoms with van der Waals surface area (Å²) < 4.78 is 5.66. The van der Waals surface area contributed by atoms with Crippen molar-refractivity contribution in [3.8, 4) is 0 Å². The van der Waals surface area contributed by atoms with Crippen molar-refractivity contribution >= 4 is 16.7 Å². The minimum absolute atomic E-state index is 0.691. The van der Waals surface area contributed by atoms with Gasteiger partial charge in [0.1, 0.15) is 6.33 Å². The Bertz CT molecular complexity index is 366. The number of nitrogens with zero attached hydrogens (tertiary/aromatic N) is 4. The number of aromatic nitrogens is 4. The van der Waals surface area contributed by atoms with Crippen LogP contribution >= 0.6 is 11.5 Å². The third-order valence-corrected chi connectivity index (χ3v) is 2.17. The molecule has 0 aromatic carbocycles. The van der Waals surface area contributed by atoms with Gasteiger partial charge in [0, 0.05) is 24.8 Å². The minimum atomic E-state index is 0.691. The van der Waals surface area contributed by atoms with Gasteiger partial charge < -0.3 is 5.32 Å². The fourth-order valence-corrected chi connectivity index (χ4v) is 1.40. The molecule has 0 unspecified atom stereocenters.